The molecule has 2 aliphatic rings. The van der Waals surface area contributed by atoms with E-state index in [2.05, 4.69) is 15.0 Å². The number of nitrogens with zero attached hydrogens (tertiary/aromatic N) is 5. The first-order chi connectivity index (χ1) is 17.8. The van der Waals surface area contributed by atoms with Crippen molar-refractivity contribution < 1.29 is 22.7 Å². The van der Waals surface area contributed by atoms with Gasteiger partial charge in [-0.1, -0.05) is 36.4 Å². The summed E-state index contributed by atoms with van der Waals surface area (Å²) in [7, 11) is 1.61. The molecular weight excluding hydrogens is 483 g/mol. The second-order valence-corrected chi connectivity index (χ2v) is 9.19. The van der Waals surface area contributed by atoms with E-state index in [1.807, 2.05) is 36.4 Å². The number of methoxy groups -OCH3 is 1. The minimum Gasteiger partial charge on any atom is -0.495 e. The number of piperazine rings is 1. The molecular formula is C27H24F3N5O2. The average molecular weight is 508 g/mol. The van der Waals surface area contributed by atoms with Crippen molar-refractivity contribution in [3.63, 3.8) is 0 Å². The fourth-order valence-electron chi connectivity index (χ4n) is 5.33. The molecule has 0 saturated carbocycles. The molecule has 3 heterocycles. The van der Waals surface area contributed by atoms with Crippen molar-refractivity contribution in [1.29, 1.82) is 0 Å². The van der Waals surface area contributed by atoms with E-state index in [0.29, 0.717) is 43.9 Å². The van der Waals surface area contributed by atoms with E-state index in [1.54, 1.807) is 24.1 Å². The van der Waals surface area contributed by atoms with Gasteiger partial charge < -0.3 is 14.5 Å². The van der Waals surface area contributed by atoms with Gasteiger partial charge in [0.05, 0.1) is 18.5 Å². The molecule has 7 nitrogen and oxygen atoms in total. The lowest BCUT2D eigenvalue weighted by molar-refractivity contribution is -0.143. The van der Waals surface area contributed by atoms with E-state index in [1.165, 1.54) is 6.07 Å². The number of ether oxygens (including phenoxy) is 1. The van der Waals surface area contributed by atoms with Gasteiger partial charge in [0.15, 0.2) is 17.0 Å². The normalized spacial score (nSPS) is 15.5. The summed E-state index contributed by atoms with van der Waals surface area (Å²) in [6, 6.07) is 16.4. The van der Waals surface area contributed by atoms with E-state index < -0.39 is 17.8 Å². The molecule has 10 heteroatoms. The Kier molecular flexibility index (Phi) is 5.54. The Labute approximate surface area is 211 Å². The van der Waals surface area contributed by atoms with Crippen LogP contribution in [0.1, 0.15) is 27.3 Å². The maximum atomic E-state index is 14.3. The number of anilines is 1. The van der Waals surface area contributed by atoms with Crippen LogP contribution >= 0.6 is 0 Å². The first kappa shape index (κ1) is 23.3. The lowest BCUT2D eigenvalue weighted by Gasteiger charge is -2.36. The molecule has 0 bridgehead atoms. The van der Waals surface area contributed by atoms with Gasteiger partial charge in [-0.15, -0.1) is 0 Å². The number of aryl methyl sites for hydroxylation is 1. The number of alkyl halides is 3. The van der Waals surface area contributed by atoms with Crippen molar-refractivity contribution >= 4 is 17.2 Å². The molecule has 1 amide bonds. The van der Waals surface area contributed by atoms with Crippen LogP contribution in [0.3, 0.4) is 0 Å². The zero-order valence-corrected chi connectivity index (χ0v) is 20.1. The molecule has 1 saturated heterocycles. The molecule has 0 spiro atoms. The molecule has 1 aliphatic carbocycles. The van der Waals surface area contributed by atoms with Gasteiger partial charge >= 0.3 is 6.18 Å². The monoisotopic (exact) mass is 507 g/mol. The molecule has 0 atom stereocenters. The van der Waals surface area contributed by atoms with Crippen LogP contribution in [-0.2, 0) is 19.0 Å². The second kappa shape index (κ2) is 8.79. The molecule has 4 aromatic rings. The first-order valence-electron chi connectivity index (χ1n) is 12.1. The van der Waals surface area contributed by atoms with Crippen LogP contribution in [0.4, 0.5) is 18.9 Å². The van der Waals surface area contributed by atoms with Crippen LogP contribution in [0.25, 0.3) is 16.9 Å². The Hall–Kier alpha value is -4.08. The van der Waals surface area contributed by atoms with Crippen LogP contribution in [0.2, 0.25) is 0 Å². The highest BCUT2D eigenvalue weighted by Gasteiger charge is 2.40. The van der Waals surface area contributed by atoms with Gasteiger partial charge in [-0.05, 0) is 30.5 Å². The number of halogens is 3. The quantitative estimate of drug-likeness (QED) is 0.409. The zero-order chi connectivity index (χ0) is 25.7. The summed E-state index contributed by atoms with van der Waals surface area (Å²) in [5.41, 5.74) is 2.13. The van der Waals surface area contributed by atoms with Gasteiger partial charge in [0.2, 0.25) is 0 Å². The van der Waals surface area contributed by atoms with E-state index >= 15 is 0 Å². The standard InChI is InChI=1S/C27H24F3N5O2/c1-37-22-9-5-4-8-21(22)33-12-14-34(15-13-33)26(36)20-16-23-31-24-18-7-3-2-6-17(18)10-11-19(24)25(27(28,29)30)35(23)32-20/h2-9,16H,10-15H2,1H3. The number of rotatable bonds is 3. The number of aromatic nitrogens is 3. The molecule has 0 N–H and O–H groups in total. The van der Waals surface area contributed by atoms with Gasteiger partial charge in [0.1, 0.15) is 5.75 Å². The maximum absolute atomic E-state index is 14.3. The molecule has 37 heavy (non-hydrogen) atoms. The van der Waals surface area contributed by atoms with Gasteiger partial charge in [-0.3, -0.25) is 4.79 Å². The van der Waals surface area contributed by atoms with Crippen molar-refractivity contribution in [2.45, 2.75) is 19.0 Å². The SMILES string of the molecule is COc1ccccc1N1CCN(C(=O)c2cc3nc4c(c(C(F)(F)F)n3n2)CCc2ccccc2-4)CC1. The molecule has 190 valence electrons. The number of amides is 1. The first-order valence-corrected chi connectivity index (χ1v) is 12.1. The number of hydrogen-bond acceptors (Lipinski definition) is 5. The van der Waals surface area contributed by atoms with E-state index in [0.717, 1.165) is 21.5 Å². The molecule has 2 aromatic carbocycles. The van der Waals surface area contributed by atoms with Crippen LogP contribution in [0.15, 0.2) is 54.6 Å². The fourth-order valence-corrected chi connectivity index (χ4v) is 5.33. The Balaban J connectivity index is 1.33. The van der Waals surface area contributed by atoms with E-state index in [4.69, 9.17) is 4.74 Å². The molecule has 1 aliphatic heterocycles. The molecule has 0 radical (unpaired) electrons. The zero-order valence-electron chi connectivity index (χ0n) is 20.1. The largest absolute Gasteiger partial charge is 0.495 e. The summed E-state index contributed by atoms with van der Waals surface area (Å²) in [4.78, 5) is 21.6. The van der Waals surface area contributed by atoms with Crippen LogP contribution in [0, 0.1) is 0 Å². The minimum atomic E-state index is -4.65. The minimum absolute atomic E-state index is 0.0128. The molecule has 6 rings (SSSR count). The van der Waals surface area contributed by atoms with Gasteiger partial charge in [-0.2, -0.15) is 18.3 Å². The number of para-hydroxylation sites is 2. The van der Waals surface area contributed by atoms with Gasteiger partial charge in [0.25, 0.3) is 5.91 Å². The maximum Gasteiger partial charge on any atom is 0.433 e. The summed E-state index contributed by atoms with van der Waals surface area (Å²) in [6.45, 7) is 1.95. The van der Waals surface area contributed by atoms with Crippen LogP contribution in [0.5, 0.6) is 5.75 Å². The van der Waals surface area contributed by atoms with Crippen molar-refractivity contribution in [2.24, 2.45) is 0 Å². The second-order valence-electron chi connectivity index (χ2n) is 9.19. The highest BCUT2D eigenvalue weighted by Crippen LogP contribution is 2.40. The Morgan fingerprint density at radius 2 is 1.70 bits per heavy atom. The molecule has 2 aromatic heterocycles. The Morgan fingerprint density at radius 3 is 2.46 bits per heavy atom. The highest BCUT2D eigenvalue weighted by atomic mass is 19.4. The number of hydrogen-bond donors (Lipinski definition) is 0. The lowest BCUT2D eigenvalue weighted by Crippen LogP contribution is -2.49. The Bertz CT molecular complexity index is 1510. The van der Waals surface area contributed by atoms with Crippen molar-refractivity contribution in [1.82, 2.24) is 19.5 Å². The number of carbonyl (C=O) groups is 1. The van der Waals surface area contributed by atoms with Crippen molar-refractivity contribution in [3.05, 3.63) is 77.1 Å². The van der Waals surface area contributed by atoms with Crippen molar-refractivity contribution in [2.75, 3.05) is 38.2 Å². The predicted octanol–water partition coefficient (Wildman–Crippen LogP) is 4.48. The molecule has 1 fully saturated rings. The summed E-state index contributed by atoms with van der Waals surface area (Å²) in [5.74, 6) is 0.343. The average Bonchev–Trinajstić information content (AvgIpc) is 3.34. The van der Waals surface area contributed by atoms with Gasteiger partial charge in [0, 0.05) is 43.4 Å². The van der Waals surface area contributed by atoms with Crippen molar-refractivity contribution in [3.8, 4) is 17.0 Å². The lowest BCUT2D eigenvalue weighted by atomic mass is 9.88. The summed E-state index contributed by atoms with van der Waals surface area (Å²) < 4.78 is 49.2. The third kappa shape index (κ3) is 3.96. The van der Waals surface area contributed by atoms with Gasteiger partial charge in [-0.25, -0.2) is 9.50 Å². The highest BCUT2D eigenvalue weighted by molar-refractivity contribution is 5.93. The third-order valence-electron chi connectivity index (χ3n) is 7.10. The topological polar surface area (TPSA) is 63.0 Å². The third-order valence-corrected chi connectivity index (χ3v) is 7.10. The number of fused-ring (bicyclic) bond motifs is 4. The van der Waals surface area contributed by atoms with E-state index in [9.17, 15) is 18.0 Å². The number of benzene rings is 2. The summed E-state index contributed by atoms with van der Waals surface area (Å²) in [5, 5.41) is 4.13. The van der Waals surface area contributed by atoms with Crippen LogP contribution < -0.4 is 9.64 Å². The van der Waals surface area contributed by atoms with Crippen LogP contribution in [-0.4, -0.2) is 58.7 Å². The Morgan fingerprint density at radius 1 is 0.973 bits per heavy atom. The number of carbonyl (C=O) groups excluding carboxylic acids is 1. The summed E-state index contributed by atoms with van der Waals surface area (Å²) in [6.07, 6.45) is -3.95. The molecule has 0 unspecified atom stereocenters. The summed E-state index contributed by atoms with van der Waals surface area (Å²) >= 11 is 0. The fraction of sp³-hybridized carbons (Fsp3) is 0.296. The smallest absolute Gasteiger partial charge is 0.433 e. The predicted molar refractivity (Wildman–Crippen MR) is 132 cm³/mol. The van der Waals surface area contributed by atoms with E-state index in [-0.39, 0.29) is 23.3 Å².